The number of nitriles is 1. The molecule has 1 saturated carbocycles. The maximum atomic E-state index is 12.2. The van der Waals surface area contributed by atoms with Crippen LogP contribution in [-0.4, -0.2) is 28.4 Å². The number of carbonyl (C=O) groups excluding carboxylic acids is 1. The highest BCUT2D eigenvalue weighted by Gasteiger charge is 2.32. The topological polar surface area (TPSA) is 57.0 Å². The van der Waals surface area contributed by atoms with Gasteiger partial charge in [-0.2, -0.15) is 5.26 Å². The fraction of sp³-hybridized carbons (Fsp3) is 0.417. The normalized spacial score (nSPS) is 14.1. The Bertz CT molecular complexity index is 465. The SMILES string of the molecule is N#CCCN(C(=O)c1ccnc(Cl)c1)C1CC1. The van der Waals surface area contributed by atoms with Gasteiger partial charge in [0.25, 0.3) is 5.91 Å². The molecule has 0 atom stereocenters. The van der Waals surface area contributed by atoms with Gasteiger partial charge >= 0.3 is 0 Å². The smallest absolute Gasteiger partial charge is 0.254 e. The summed E-state index contributed by atoms with van der Waals surface area (Å²) in [7, 11) is 0. The third kappa shape index (κ3) is 2.95. The quantitative estimate of drug-likeness (QED) is 0.769. The van der Waals surface area contributed by atoms with Crippen molar-refractivity contribution in [1.29, 1.82) is 5.26 Å². The molecule has 2 rings (SSSR count). The molecule has 1 fully saturated rings. The van der Waals surface area contributed by atoms with E-state index in [4.69, 9.17) is 16.9 Å². The van der Waals surface area contributed by atoms with Gasteiger partial charge in [-0.25, -0.2) is 4.98 Å². The first-order valence-corrected chi connectivity index (χ1v) is 5.89. The molecular weight excluding hydrogens is 238 g/mol. The molecule has 4 nitrogen and oxygen atoms in total. The minimum atomic E-state index is -0.0629. The van der Waals surface area contributed by atoms with Crippen LogP contribution in [0, 0.1) is 11.3 Å². The minimum Gasteiger partial charge on any atom is -0.335 e. The zero-order valence-corrected chi connectivity index (χ0v) is 10.0. The molecular formula is C12H12ClN3O. The highest BCUT2D eigenvalue weighted by Crippen LogP contribution is 2.28. The van der Waals surface area contributed by atoms with Crippen LogP contribution in [0.25, 0.3) is 0 Å². The Kier molecular flexibility index (Phi) is 3.60. The van der Waals surface area contributed by atoms with E-state index in [9.17, 15) is 4.79 Å². The van der Waals surface area contributed by atoms with Crippen molar-refractivity contribution >= 4 is 17.5 Å². The number of nitrogens with zero attached hydrogens (tertiary/aromatic N) is 3. The third-order valence-corrected chi connectivity index (χ3v) is 2.89. The molecule has 1 aliphatic rings. The van der Waals surface area contributed by atoms with Gasteiger partial charge in [-0.15, -0.1) is 0 Å². The summed E-state index contributed by atoms with van der Waals surface area (Å²) in [6.45, 7) is 0.486. The zero-order valence-electron chi connectivity index (χ0n) is 9.27. The average Bonchev–Trinajstić information content (AvgIpc) is 3.14. The molecule has 0 unspecified atom stereocenters. The lowest BCUT2D eigenvalue weighted by atomic mass is 10.2. The molecule has 1 amide bonds. The number of amides is 1. The van der Waals surface area contributed by atoms with Crippen LogP contribution in [0.5, 0.6) is 0 Å². The van der Waals surface area contributed by atoms with Crippen LogP contribution in [0.15, 0.2) is 18.3 Å². The Labute approximate surface area is 105 Å². The van der Waals surface area contributed by atoms with Crippen LogP contribution >= 0.6 is 11.6 Å². The fourth-order valence-corrected chi connectivity index (χ4v) is 1.88. The van der Waals surface area contributed by atoms with Gasteiger partial charge in [0.2, 0.25) is 0 Å². The van der Waals surface area contributed by atoms with E-state index >= 15 is 0 Å². The van der Waals surface area contributed by atoms with Gasteiger partial charge in [-0.3, -0.25) is 4.79 Å². The second kappa shape index (κ2) is 5.15. The summed E-state index contributed by atoms with van der Waals surface area (Å²) in [4.78, 5) is 17.8. The van der Waals surface area contributed by atoms with Crippen LogP contribution in [0.3, 0.4) is 0 Å². The molecule has 1 aromatic rings. The van der Waals surface area contributed by atoms with E-state index in [0.29, 0.717) is 29.7 Å². The van der Waals surface area contributed by atoms with Crippen molar-refractivity contribution in [2.45, 2.75) is 25.3 Å². The summed E-state index contributed by atoms with van der Waals surface area (Å²) < 4.78 is 0. The molecule has 0 aliphatic heterocycles. The number of aromatic nitrogens is 1. The van der Waals surface area contributed by atoms with E-state index in [-0.39, 0.29) is 5.91 Å². The van der Waals surface area contributed by atoms with Crippen molar-refractivity contribution in [2.75, 3.05) is 6.54 Å². The summed E-state index contributed by atoms with van der Waals surface area (Å²) in [6, 6.07) is 5.57. The van der Waals surface area contributed by atoms with Crippen LogP contribution in [0.2, 0.25) is 5.15 Å². The zero-order chi connectivity index (χ0) is 12.3. The summed E-state index contributed by atoms with van der Waals surface area (Å²) in [6.07, 6.45) is 3.93. The number of hydrogen-bond acceptors (Lipinski definition) is 3. The molecule has 17 heavy (non-hydrogen) atoms. The molecule has 0 aromatic carbocycles. The number of hydrogen-bond donors (Lipinski definition) is 0. The first-order valence-electron chi connectivity index (χ1n) is 5.52. The summed E-state index contributed by atoms with van der Waals surface area (Å²) in [5.41, 5.74) is 0.537. The molecule has 1 aromatic heterocycles. The number of rotatable bonds is 4. The van der Waals surface area contributed by atoms with Gasteiger partial charge in [0, 0.05) is 24.3 Å². The Hall–Kier alpha value is -1.60. The van der Waals surface area contributed by atoms with Crippen molar-refractivity contribution in [2.24, 2.45) is 0 Å². The van der Waals surface area contributed by atoms with Gasteiger partial charge in [-0.1, -0.05) is 11.6 Å². The van der Waals surface area contributed by atoms with Gasteiger partial charge in [0.05, 0.1) is 12.5 Å². The molecule has 5 heteroatoms. The number of pyridine rings is 1. The van der Waals surface area contributed by atoms with E-state index in [0.717, 1.165) is 12.8 Å². The van der Waals surface area contributed by atoms with Crippen LogP contribution in [0.1, 0.15) is 29.6 Å². The predicted molar refractivity (Wildman–Crippen MR) is 63.5 cm³/mol. The van der Waals surface area contributed by atoms with Crippen molar-refractivity contribution in [3.8, 4) is 6.07 Å². The van der Waals surface area contributed by atoms with Gasteiger partial charge < -0.3 is 4.90 Å². The number of carbonyl (C=O) groups is 1. The van der Waals surface area contributed by atoms with Gasteiger partial charge in [0.1, 0.15) is 5.15 Å². The fourth-order valence-electron chi connectivity index (χ4n) is 1.71. The molecule has 0 spiro atoms. The maximum absolute atomic E-state index is 12.2. The first-order chi connectivity index (χ1) is 8.22. The monoisotopic (exact) mass is 249 g/mol. The Morgan fingerprint density at radius 2 is 2.41 bits per heavy atom. The van der Waals surface area contributed by atoms with Crippen LogP contribution in [-0.2, 0) is 0 Å². The van der Waals surface area contributed by atoms with Gasteiger partial charge in [0.15, 0.2) is 0 Å². The average molecular weight is 250 g/mol. The largest absolute Gasteiger partial charge is 0.335 e. The Morgan fingerprint density at radius 3 is 3.00 bits per heavy atom. The van der Waals surface area contributed by atoms with E-state index in [2.05, 4.69) is 11.1 Å². The minimum absolute atomic E-state index is 0.0629. The van der Waals surface area contributed by atoms with E-state index < -0.39 is 0 Å². The van der Waals surface area contributed by atoms with Crippen molar-refractivity contribution < 1.29 is 4.79 Å². The lowest BCUT2D eigenvalue weighted by molar-refractivity contribution is 0.0746. The Morgan fingerprint density at radius 1 is 1.65 bits per heavy atom. The van der Waals surface area contributed by atoms with E-state index in [1.807, 2.05) is 0 Å². The third-order valence-electron chi connectivity index (χ3n) is 2.69. The van der Waals surface area contributed by atoms with E-state index in [1.165, 1.54) is 6.20 Å². The van der Waals surface area contributed by atoms with Crippen molar-refractivity contribution in [3.05, 3.63) is 29.0 Å². The maximum Gasteiger partial charge on any atom is 0.254 e. The summed E-state index contributed by atoms with van der Waals surface area (Å²) in [5, 5.41) is 8.91. The number of halogens is 1. The predicted octanol–water partition coefficient (Wildman–Crippen LogP) is 2.25. The molecule has 88 valence electrons. The molecule has 1 heterocycles. The van der Waals surface area contributed by atoms with Gasteiger partial charge in [-0.05, 0) is 25.0 Å². The summed E-state index contributed by atoms with van der Waals surface area (Å²) >= 11 is 5.76. The first kappa shape index (κ1) is 11.9. The molecule has 0 radical (unpaired) electrons. The van der Waals surface area contributed by atoms with Crippen molar-refractivity contribution in [1.82, 2.24) is 9.88 Å². The van der Waals surface area contributed by atoms with Crippen molar-refractivity contribution in [3.63, 3.8) is 0 Å². The second-order valence-electron chi connectivity index (χ2n) is 4.01. The highest BCUT2D eigenvalue weighted by atomic mass is 35.5. The Balaban J connectivity index is 2.13. The lowest BCUT2D eigenvalue weighted by Gasteiger charge is -2.21. The molecule has 0 N–H and O–H groups in total. The molecule has 0 saturated heterocycles. The molecule has 1 aliphatic carbocycles. The van der Waals surface area contributed by atoms with Crippen LogP contribution < -0.4 is 0 Å². The molecule has 0 bridgehead atoms. The summed E-state index contributed by atoms with van der Waals surface area (Å²) in [5.74, 6) is -0.0629. The lowest BCUT2D eigenvalue weighted by Crippen LogP contribution is -2.33. The standard InChI is InChI=1S/C12H12ClN3O/c13-11-8-9(4-6-15-11)12(17)16(7-1-5-14)10-2-3-10/h4,6,8,10H,1-3,7H2. The highest BCUT2D eigenvalue weighted by molar-refractivity contribution is 6.29. The van der Waals surface area contributed by atoms with E-state index in [1.54, 1.807) is 17.0 Å². The second-order valence-corrected chi connectivity index (χ2v) is 4.39. The van der Waals surface area contributed by atoms with Crippen LogP contribution in [0.4, 0.5) is 0 Å².